The number of sulfonamides is 1. The first-order chi connectivity index (χ1) is 11.2. The van der Waals surface area contributed by atoms with Crippen molar-refractivity contribution in [3.05, 3.63) is 45.9 Å². The predicted molar refractivity (Wildman–Crippen MR) is 97.3 cm³/mol. The maximum atomic E-state index is 12.2. The van der Waals surface area contributed by atoms with Crippen molar-refractivity contribution in [3.8, 4) is 0 Å². The highest BCUT2D eigenvalue weighted by Crippen LogP contribution is 2.19. The number of nitrogens with zero attached hydrogens (tertiary/aromatic N) is 2. The molecule has 0 saturated heterocycles. The molecule has 0 aliphatic rings. The lowest BCUT2D eigenvalue weighted by atomic mass is 10.1. The SMILES string of the molecule is Cc1csc(C(C)CNC(=O)c2ccc(N(C)S(C)(=O)=O)cc2)n1. The maximum Gasteiger partial charge on any atom is 0.251 e. The van der Waals surface area contributed by atoms with Gasteiger partial charge in [0.1, 0.15) is 0 Å². The van der Waals surface area contributed by atoms with Gasteiger partial charge in [0.15, 0.2) is 0 Å². The van der Waals surface area contributed by atoms with E-state index in [1.54, 1.807) is 35.6 Å². The smallest absolute Gasteiger partial charge is 0.251 e. The Labute approximate surface area is 146 Å². The monoisotopic (exact) mass is 367 g/mol. The Morgan fingerprint density at radius 3 is 2.46 bits per heavy atom. The molecule has 1 aromatic carbocycles. The number of amides is 1. The van der Waals surface area contributed by atoms with Gasteiger partial charge in [-0.1, -0.05) is 6.92 Å². The van der Waals surface area contributed by atoms with Crippen LogP contribution in [0.4, 0.5) is 5.69 Å². The average Bonchev–Trinajstić information content (AvgIpc) is 2.97. The Morgan fingerprint density at radius 1 is 1.33 bits per heavy atom. The fourth-order valence-corrected chi connectivity index (χ4v) is 3.41. The maximum absolute atomic E-state index is 12.2. The zero-order valence-corrected chi connectivity index (χ0v) is 15.7. The number of carbonyl (C=O) groups is 1. The first kappa shape index (κ1) is 18.4. The average molecular weight is 367 g/mol. The van der Waals surface area contributed by atoms with Gasteiger partial charge in [0.2, 0.25) is 10.0 Å². The Bertz CT molecular complexity index is 813. The second-order valence-corrected chi connectivity index (χ2v) is 8.62. The molecule has 0 spiro atoms. The number of hydrogen-bond donors (Lipinski definition) is 1. The Hall–Kier alpha value is -1.93. The highest BCUT2D eigenvalue weighted by molar-refractivity contribution is 7.92. The van der Waals surface area contributed by atoms with Gasteiger partial charge < -0.3 is 5.32 Å². The minimum absolute atomic E-state index is 0.142. The summed E-state index contributed by atoms with van der Waals surface area (Å²) in [5.41, 5.74) is 1.99. The lowest BCUT2D eigenvalue weighted by molar-refractivity contribution is 0.0951. The van der Waals surface area contributed by atoms with Gasteiger partial charge in [-0.2, -0.15) is 0 Å². The third-order valence-corrected chi connectivity index (χ3v) is 6.02. The zero-order valence-electron chi connectivity index (χ0n) is 14.1. The zero-order chi connectivity index (χ0) is 17.9. The molecule has 0 fully saturated rings. The van der Waals surface area contributed by atoms with Crippen LogP contribution in [0.5, 0.6) is 0 Å². The molecule has 1 amide bonds. The van der Waals surface area contributed by atoms with Gasteiger partial charge in [-0.15, -0.1) is 11.3 Å². The number of anilines is 1. The van der Waals surface area contributed by atoms with Crippen molar-refractivity contribution in [2.45, 2.75) is 19.8 Å². The van der Waals surface area contributed by atoms with E-state index in [0.29, 0.717) is 17.8 Å². The molecular formula is C16H21N3O3S2. The summed E-state index contributed by atoms with van der Waals surface area (Å²) in [5, 5.41) is 5.87. The van der Waals surface area contributed by atoms with E-state index in [1.807, 2.05) is 19.2 Å². The highest BCUT2D eigenvalue weighted by atomic mass is 32.2. The summed E-state index contributed by atoms with van der Waals surface area (Å²) in [7, 11) is -1.84. The summed E-state index contributed by atoms with van der Waals surface area (Å²) in [6.07, 6.45) is 1.13. The van der Waals surface area contributed by atoms with Crippen molar-refractivity contribution in [2.75, 3.05) is 24.2 Å². The fraction of sp³-hybridized carbons (Fsp3) is 0.375. The first-order valence-corrected chi connectivity index (χ1v) is 10.2. The number of hydrogen-bond acceptors (Lipinski definition) is 5. The van der Waals surface area contributed by atoms with Crippen molar-refractivity contribution in [2.24, 2.45) is 0 Å². The van der Waals surface area contributed by atoms with Crippen LogP contribution in [0.3, 0.4) is 0 Å². The lowest BCUT2D eigenvalue weighted by Crippen LogP contribution is -2.28. The molecule has 1 heterocycles. The quantitative estimate of drug-likeness (QED) is 0.850. The second-order valence-electron chi connectivity index (χ2n) is 5.72. The van der Waals surface area contributed by atoms with Gasteiger partial charge in [-0.3, -0.25) is 9.10 Å². The van der Waals surface area contributed by atoms with E-state index in [-0.39, 0.29) is 11.8 Å². The number of rotatable bonds is 6. The van der Waals surface area contributed by atoms with Crippen molar-refractivity contribution >= 4 is 33.0 Å². The Balaban J connectivity index is 1.98. The number of carbonyl (C=O) groups excluding carboxylic acids is 1. The first-order valence-electron chi connectivity index (χ1n) is 7.42. The number of thiazole rings is 1. The van der Waals surface area contributed by atoms with Gasteiger partial charge >= 0.3 is 0 Å². The van der Waals surface area contributed by atoms with Crippen LogP contribution in [-0.4, -0.2) is 39.2 Å². The molecule has 2 rings (SSSR count). The molecule has 0 saturated carbocycles. The van der Waals surface area contributed by atoms with Gasteiger partial charge in [0, 0.05) is 36.1 Å². The van der Waals surface area contributed by atoms with Crippen LogP contribution in [0.2, 0.25) is 0 Å². The largest absolute Gasteiger partial charge is 0.351 e. The number of aromatic nitrogens is 1. The summed E-state index contributed by atoms with van der Waals surface area (Å²) in [5.74, 6) is -0.0491. The van der Waals surface area contributed by atoms with E-state index in [0.717, 1.165) is 17.0 Å². The van der Waals surface area contributed by atoms with Crippen molar-refractivity contribution < 1.29 is 13.2 Å². The second kappa shape index (κ2) is 7.31. The standard InChI is InChI=1S/C16H21N3O3S2/c1-11(16-18-12(2)10-23-16)9-17-15(20)13-5-7-14(8-6-13)19(3)24(4,21)22/h5-8,10-11H,9H2,1-4H3,(H,17,20). The molecule has 1 N–H and O–H groups in total. The van der Waals surface area contributed by atoms with Gasteiger partial charge in [0.05, 0.1) is 17.0 Å². The van der Waals surface area contributed by atoms with Gasteiger partial charge in [-0.05, 0) is 31.2 Å². The molecule has 2 aromatic rings. The van der Waals surface area contributed by atoms with Crippen molar-refractivity contribution in [1.29, 1.82) is 0 Å². The van der Waals surface area contributed by atoms with Crippen LogP contribution in [0.25, 0.3) is 0 Å². The summed E-state index contributed by atoms with van der Waals surface area (Å²) >= 11 is 1.59. The van der Waals surface area contributed by atoms with Crippen LogP contribution < -0.4 is 9.62 Å². The van der Waals surface area contributed by atoms with E-state index in [2.05, 4.69) is 10.3 Å². The van der Waals surface area contributed by atoms with Crippen LogP contribution in [0, 0.1) is 6.92 Å². The van der Waals surface area contributed by atoms with E-state index in [4.69, 9.17) is 0 Å². The third-order valence-electron chi connectivity index (χ3n) is 3.62. The van der Waals surface area contributed by atoms with E-state index >= 15 is 0 Å². The highest BCUT2D eigenvalue weighted by Gasteiger charge is 2.14. The molecular weight excluding hydrogens is 346 g/mol. The summed E-state index contributed by atoms with van der Waals surface area (Å²) in [6, 6.07) is 6.46. The van der Waals surface area contributed by atoms with Crippen molar-refractivity contribution in [3.63, 3.8) is 0 Å². The van der Waals surface area contributed by atoms with Crippen molar-refractivity contribution in [1.82, 2.24) is 10.3 Å². The molecule has 1 unspecified atom stereocenters. The van der Waals surface area contributed by atoms with Gasteiger partial charge in [0.25, 0.3) is 5.91 Å². The van der Waals surface area contributed by atoms with E-state index in [9.17, 15) is 13.2 Å². The predicted octanol–water partition coefficient (Wildman–Crippen LogP) is 2.38. The molecule has 8 heteroatoms. The lowest BCUT2D eigenvalue weighted by Gasteiger charge is -2.16. The minimum Gasteiger partial charge on any atom is -0.351 e. The molecule has 0 aliphatic carbocycles. The van der Waals surface area contributed by atoms with E-state index in [1.165, 1.54) is 11.4 Å². The van der Waals surface area contributed by atoms with Crippen LogP contribution in [0.15, 0.2) is 29.6 Å². The fourth-order valence-electron chi connectivity index (χ4n) is 2.05. The normalized spacial score (nSPS) is 12.7. The molecule has 1 aromatic heterocycles. The van der Waals surface area contributed by atoms with Crippen LogP contribution in [-0.2, 0) is 10.0 Å². The molecule has 0 radical (unpaired) electrons. The van der Waals surface area contributed by atoms with Gasteiger partial charge in [-0.25, -0.2) is 13.4 Å². The molecule has 6 nitrogen and oxygen atoms in total. The molecule has 0 aliphatic heterocycles. The van der Waals surface area contributed by atoms with Crippen LogP contribution >= 0.6 is 11.3 Å². The number of aryl methyl sites for hydroxylation is 1. The third kappa shape index (κ3) is 4.55. The topological polar surface area (TPSA) is 79.4 Å². The molecule has 1 atom stereocenters. The number of nitrogens with one attached hydrogen (secondary N) is 1. The van der Waals surface area contributed by atoms with Crippen LogP contribution in [0.1, 0.15) is 33.9 Å². The van der Waals surface area contributed by atoms with E-state index < -0.39 is 10.0 Å². The Kier molecular flexibility index (Phi) is 5.61. The summed E-state index contributed by atoms with van der Waals surface area (Å²) < 4.78 is 24.2. The molecule has 0 bridgehead atoms. The molecule has 24 heavy (non-hydrogen) atoms. The summed E-state index contributed by atoms with van der Waals surface area (Å²) in [4.78, 5) is 16.6. The summed E-state index contributed by atoms with van der Waals surface area (Å²) in [6.45, 7) is 4.46. The minimum atomic E-state index is -3.31. The number of benzene rings is 1. The Morgan fingerprint density at radius 2 is 1.96 bits per heavy atom. The molecule has 130 valence electrons.